The first kappa shape index (κ1) is 19.6. The molecule has 0 bridgehead atoms. The lowest BCUT2D eigenvalue weighted by atomic mass is 9.97. The monoisotopic (exact) mass is 405 g/mol. The van der Waals surface area contributed by atoms with Gasteiger partial charge in [-0.2, -0.15) is 0 Å². The van der Waals surface area contributed by atoms with Gasteiger partial charge in [0, 0.05) is 12.1 Å². The average molecular weight is 405 g/mol. The Balaban J connectivity index is 1.82. The summed E-state index contributed by atoms with van der Waals surface area (Å²) in [5, 5.41) is 11.0. The van der Waals surface area contributed by atoms with E-state index in [1.54, 1.807) is 36.4 Å². The van der Waals surface area contributed by atoms with Crippen LogP contribution in [0.25, 0.3) is 5.76 Å². The van der Waals surface area contributed by atoms with Gasteiger partial charge in [0.15, 0.2) is 0 Å². The van der Waals surface area contributed by atoms with Crippen molar-refractivity contribution >= 4 is 17.4 Å². The van der Waals surface area contributed by atoms with Crippen LogP contribution in [-0.2, 0) is 16.1 Å². The zero-order valence-corrected chi connectivity index (χ0v) is 16.6. The van der Waals surface area contributed by atoms with Gasteiger partial charge in [-0.1, -0.05) is 24.3 Å². The maximum Gasteiger partial charge on any atom is 0.296 e. The van der Waals surface area contributed by atoms with Gasteiger partial charge in [-0.25, -0.2) is 4.39 Å². The maximum absolute atomic E-state index is 13.3. The fourth-order valence-electron chi connectivity index (χ4n) is 3.62. The Morgan fingerprint density at radius 1 is 1.07 bits per heavy atom. The molecule has 1 atom stereocenters. The molecule has 1 amide bonds. The molecule has 30 heavy (non-hydrogen) atoms. The summed E-state index contributed by atoms with van der Waals surface area (Å²) < 4.78 is 18.8. The largest absolute Gasteiger partial charge is 0.507 e. The molecule has 6 heteroatoms. The number of ketones is 1. The van der Waals surface area contributed by atoms with Crippen LogP contribution in [0, 0.1) is 19.7 Å². The Morgan fingerprint density at radius 3 is 2.43 bits per heavy atom. The number of halogens is 1. The fourth-order valence-corrected chi connectivity index (χ4v) is 3.62. The van der Waals surface area contributed by atoms with E-state index in [9.17, 15) is 19.1 Å². The van der Waals surface area contributed by atoms with E-state index in [0.717, 1.165) is 11.1 Å². The van der Waals surface area contributed by atoms with E-state index in [4.69, 9.17) is 4.42 Å². The van der Waals surface area contributed by atoms with Crippen molar-refractivity contribution in [3.63, 3.8) is 0 Å². The third-order valence-corrected chi connectivity index (χ3v) is 5.40. The zero-order chi connectivity index (χ0) is 21.4. The molecule has 1 aliphatic rings. The maximum atomic E-state index is 13.3. The van der Waals surface area contributed by atoms with Crippen molar-refractivity contribution in [3.8, 4) is 0 Å². The number of aryl methyl sites for hydroxylation is 2. The molecule has 5 nitrogen and oxygen atoms in total. The molecule has 0 radical (unpaired) electrons. The predicted octanol–water partition coefficient (Wildman–Crippen LogP) is 4.66. The van der Waals surface area contributed by atoms with Crippen molar-refractivity contribution in [2.24, 2.45) is 0 Å². The van der Waals surface area contributed by atoms with E-state index in [1.165, 1.54) is 23.3 Å². The van der Waals surface area contributed by atoms with Crippen LogP contribution in [-0.4, -0.2) is 21.7 Å². The molecule has 1 unspecified atom stereocenters. The normalized spacial score (nSPS) is 18.2. The van der Waals surface area contributed by atoms with Gasteiger partial charge in [0.25, 0.3) is 11.7 Å². The third-order valence-electron chi connectivity index (χ3n) is 5.40. The summed E-state index contributed by atoms with van der Waals surface area (Å²) >= 11 is 0. The second kappa shape index (κ2) is 7.63. The number of carbonyl (C=O) groups excluding carboxylic acids is 2. The third kappa shape index (κ3) is 3.41. The van der Waals surface area contributed by atoms with E-state index < -0.39 is 23.5 Å². The summed E-state index contributed by atoms with van der Waals surface area (Å²) in [6, 6.07) is 13.5. The first-order valence-corrected chi connectivity index (χ1v) is 9.50. The molecule has 1 fully saturated rings. The van der Waals surface area contributed by atoms with Gasteiger partial charge < -0.3 is 14.4 Å². The minimum atomic E-state index is -0.883. The number of hydrogen-bond donors (Lipinski definition) is 1. The van der Waals surface area contributed by atoms with E-state index >= 15 is 0 Å². The van der Waals surface area contributed by atoms with Gasteiger partial charge in [0.05, 0.1) is 11.8 Å². The predicted molar refractivity (Wildman–Crippen MR) is 109 cm³/mol. The van der Waals surface area contributed by atoms with Gasteiger partial charge in [-0.05, 0) is 60.9 Å². The minimum Gasteiger partial charge on any atom is -0.507 e. The van der Waals surface area contributed by atoms with Crippen LogP contribution in [0.15, 0.2) is 70.9 Å². The molecule has 0 spiro atoms. The van der Waals surface area contributed by atoms with Crippen LogP contribution in [0.5, 0.6) is 0 Å². The standard InChI is InChI=1S/C24H20FNO4/c1-14-5-8-17(12-15(14)2)22(27)20-21(19-4-3-11-30-19)26(24(29)23(20)28)13-16-6-9-18(25)10-7-16/h3-12,21,27H,13H2,1-2H3/b22-20-. The molecule has 1 saturated heterocycles. The topological polar surface area (TPSA) is 70.8 Å². The summed E-state index contributed by atoms with van der Waals surface area (Å²) in [7, 11) is 0. The van der Waals surface area contributed by atoms with Gasteiger partial charge in [0.2, 0.25) is 0 Å². The van der Waals surface area contributed by atoms with Gasteiger partial charge in [-0.3, -0.25) is 9.59 Å². The molecule has 1 aromatic heterocycles. The molecule has 0 saturated carbocycles. The second-order valence-corrected chi connectivity index (χ2v) is 7.37. The highest BCUT2D eigenvalue weighted by Gasteiger charge is 2.47. The summed E-state index contributed by atoms with van der Waals surface area (Å²) in [5.41, 5.74) is 3.08. The summed E-state index contributed by atoms with van der Waals surface area (Å²) in [5.74, 6) is -1.81. The van der Waals surface area contributed by atoms with Crippen LogP contribution in [0.1, 0.15) is 34.1 Å². The molecule has 1 N–H and O–H groups in total. The lowest BCUT2D eigenvalue weighted by Gasteiger charge is -2.23. The van der Waals surface area contributed by atoms with Crippen LogP contribution >= 0.6 is 0 Å². The number of Topliss-reactive ketones (excluding diaryl/α,β-unsaturated/α-hetero) is 1. The van der Waals surface area contributed by atoms with Gasteiger partial charge in [-0.15, -0.1) is 0 Å². The SMILES string of the molecule is Cc1ccc(/C(O)=C2/C(=O)C(=O)N(Cc3ccc(F)cc3)C2c2ccco2)cc1C. The Bertz CT molecular complexity index is 1150. The smallest absolute Gasteiger partial charge is 0.296 e. The summed E-state index contributed by atoms with van der Waals surface area (Å²) in [6.45, 7) is 3.92. The lowest BCUT2D eigenvalue weighted by Crippen LogP contribution is -2.29. The number of amides is 1. The Kier molecular flexibility index (Phi) is 4.99. The number of aliphatic hydroxyl groups is 1. The highest BCUT2D eigenvalue weighted by Crippen LogP contribution is 2.40. The number of furan rings is 1. The molecule has 2 aromatic carbocycles. The minimum absolute atomic E-state index is 0.0275. The number of nitrogens with zero attached hydrogens (tertiary/aromatic N) is 1. The highest BCUT2D eigenvalue weighted by atomic mass is 19.1. The number of likely N-dealkylation sites (tertiary alicyclic amines) is 1. The average Bonchev–Trinajstić information content (AvgIpc) is 3.34. The quantitative estimate of drug-likeness (QED) is 0.389. The molecule has 3 aromatic rings. The fraction of sp³-hybridized carbons (Fsp3) is 0.167. The van der Waals surface area contributed by atoms with Crippen molar-refractivity contribution in [3.05, 3.63) is 100 Å². The first-order chi connectivity index (χ1) is 14.4. The van der Waals surface area contributed by atoms with Gasteiger partial charge in [0.1, 0.15) is 23.4 Å². The molecule has 1 aliphatic heterocycles. The van der Waals surface area contributed by atoms with E-state index in [1.807, 2.05) is 19.9 Å². The van der Waals surface area contributed by atoms with Crippen molar-refractivity contribution in [2.75, 3.05) is 0 Å². The zero-order valence-electron chi connectivity index (χ0n) is 16.6. The number of aliphatic hydroxyl groups excluding tert-OH is 1. The molecule has 152 valence electrons. The number of hydrogen-bond acceptors (Lipinski definition) is 4. The van der Waals surface area contributed by atoms with Crippen LogP contribution in [0.3, 0.4) is 0 Å². The van der Waals surface area contributed by atoms with Crippen molar-refractivity contribution in [2.45, 2.75) is 26.4 Å². The van der Waals surface area contributed by atoms with Crippen LogP contribution in [0.4, 0.5) is 4.39 Å². The Labute approximate surface area is 173 Å². The molecular formula is C24H20FNO4. The molecule has 2 heterocycles. The van der Waals surface area contributed by atoms with Crippen molar-refractivity contribution in [1.29, 1.82) is 0 Å². The van der Waals surface area contributed by atoms with Crippen molar-refractivity contribution in [1.82, 2.24) is 4.90 Å². The van der Waals surface area contributed by atoms with E-state index in [2.05, 4.69) is 0 Å². The lowest BCUT2D eigenvalue weighted by molar-refractivity contribution is -0.140. The number of carbonyl (C=O) groups is 2. The molecular weight excluding hydrogens is 385 g/mol. The Morgan fingerprint density at radius 2 is 1.80 bits per heavy atom. The molecule has 0 aliphatic carbocycles. The summed E-state index contributed by atoms with van der Waals surface area (Å²) in [6.07, 6.45) is 1.45. The van der Waals surface area contributed by atoms with E-state index in [0.29, 0.717) is 16.9 Å². The second-order valence-electron chi connectivity index (χ2n) is 7.37. The Hall–Kier alpha value is -3.67. The first-order valence-electron chi connectivity index (χ1n) is 9.50. The molecule has 4 rings (SSSR count). The van der Waals surface area contributed by atoms with Crippen LogP contribution < -0.4 is 0 Å². The van der Waals surface area contributed by atoms with E-state index in [-0.39, 0.29) is 17.9 Å². The van der Waals surface area contributed by atoms with Crippen molar-refractivity contribution < 1.29 is 23.5 Å². The van der Waals surface area contributed by atoms with Gasteiger partial charge >= 0.3 is 0 Å². The highest BCUT2D eigenvalue weighted by molar-refractivity contribution is 6.46. The summed E-state index contributed by atoms with van der Waals surface area (Å²) in [4.78, 5) is 27.1. The number of benzene rings is 2. The van der Waals surface area contributed by atoms with Crippen LogP contribution in [0.2, 0.25) is 0 Å². The number of rotatable bonds is 4.